The molecule has 0 bridgehead atoms. The van der Waals surface area contributed by atoms with Crippen LogP contribution in [0.25, 0.3) is 27.6 Å². The zero-order chi connectivity index (χ0) is 18.3. The molecule has 26 heavy (non-hydrogen) atoms. The van der Waals surface area contributed by atoms with E-state index in [1.165, 1.54) is 12.1 Å². The highest BCUT2D eigenvalue weighted by Gasteiger charge is 2.17. The maximum absolute atomic E-state index is 13.7. The van der Waals surface area contributed by atoms with Crippen molar-refractivity contribution in [2.75, 3.05) is 6.54 Å². The topological polar surface area (TPSA) is 75.6 Å². The maximum Gasteiger partial charge on any atom is 0.269 e. The lowest BCUT2D eigenvalue weighted by Gasteiger charge is -2.11. The average Bonchev–Trinajstić information content (AvgIpc) is 3.21. The first-order valence-electron chi connectivity index (χ1n) is 8.49. The number of aromatic nitrogens is 4. The molecule has 0 aliphatic rings. The zero-order valence-corrected chi connectivity index (χ0v) is 14.5. The molecule has 0 aliphatic carbocycles. The van der Waals surface area contributed by atoms with Crippen molar-refractivity contribution < 1.29 is 9.18 Å². The first-order valence-corrected chi connectivity index (χ1v) is 8.49. The summed E-state index contributed by atoms with van der Waals surface area (Å²) in [5, 5.41) is 10.6. The average molecular weight is 351 g/mol. The second-order valence-corrected chi connectivity index (χ2v) is 6.18. The van der Waals surface area contributed by atoms with Crippen LogP contribution >= 0.6 is 0 Å². The van der Waals surface area contributed by atoms with E-state index in [2.05, 4.69) is 20.5 Å². The molecule has 0 fully saturated rings. The van der Waals surface area contributed by atoms with E-state index in [0.29, 0.717) is 17.9 Å². The van der Waals surface area contributed by atoms with E-state index in [1.807, 2.05) is 24.5 Å². The lowest BCUT2D eigenvalue weighted by Crippen LogP contribution is -2.25. The molecule has 4 aromatic rings. The molecule has 0 aliphatic heterocycles. The van der Waals surface area contributed by atoms with Gasteiger partial charge in [-0.25, -0.2) is 9.37 Å². The van der Waals surface area contributed by atoms with Crippen LogP contribution in [-0.2, 0) is 0 Å². The third kappa shape index (κ3) is 2.52. The van der Waals surface area contributed by atoms with Gasteiger partial charge in [-0.1, -0.05) is 6.92 Å². The van der Waals surface area contributed by atoms with Crippen molar-refractivity contribution in [3.05, 3.63) is 53.7 Å². The Balaban J connectivity index is 1.87. The molecule has 3 heterocycles. The predicted octanol–water partition coefficient (Wildman–Crippen LogP) is 3.49. The number of rotatable bonds is 4. The third-order valence-electron chi connectivity index (χ3n) is 4.40. The largest absolute Gasteiger partial charge is 0.351 e. The molecule has 7 heteroatoms. The molecule has 0 radical (unpaired) electrons. The lowest BCUT2D eigenvalue weighted by atomic mass is 10.2. The van der Waals surface area contributed by atoms with Gasteiger partial charge in [-0.15, -0.1) is 0 Å². The SMILES string of the molecule is CCCNC(=O)c1ccc(-n2c3ccc(F)cc3c3[nH]ncc32)c(C)n1. The number of carbonyl (C=O) groups is 1. The van der Waals surface area contributed by atoms with E-state index in [1.54, 1.807) is 18.3 Å². The number of hydrogen-bond acceptors (Lipinski definition) is 3. The number of carbonyl (C=O) groups excluding carboxylic acids is 1. The van der Waals surface area contributed by atoms with Crippen LogP contribution in [0.2, 0.25) is 0 Å². The molecule has 6 nitrogen and oxygen atoms in total. The van der Waals surface area contributed by atoms with E-state index in [-0.39, 0.29) is 11.7 Å². The molecular formula is C19H18FN5O. The minimum atomic E-state index is -0.302. The van der Waals surface area contributed by atoms with Gasteiger partial charge in [0, 0.05) is 11.9 Å². The highest BCUT2D eigenvalue weighted by molar-refractivity contribution is 6.07. The van der Waals surface area contributed by atoms with Crippen LogP contribution in [0.1, 0.15) is 29.5 Å². The van der Waals surface area contributed by atoms with Crippen LogP contribution in [0.4, 0.5) is 4.39 Å². The fraction of sp³-hybridized carbons (Fsp3) is 0.211. The van der Waals surface area contributed by atoms with Gasteiger partial charge in [0.25, 0.3) is 5.91 Å². The Labute approximate surface area is 149 Å². The number of amides is 1. The summed E-state index contributed by atoms with van der Waals surface area (Å²) in [5.74, 6) is -0.488. The summed E-state index contributed by atoms with van der Waals surface area (Å²) in [6.45, 7) is 4.47. The van der Waals surface area contributed by atoms with E-state index in [9.17, 15) is 9.18 Å². The number of aromatic amines is 1. The second-order valence-electron chi connectivity index (χ2n) is 6.18. The predicted molar refractivity (Wildman–Crippen MR) is 98.0 cm³/mol. The van der Waals surface area contributed by atoms with Crippen LogP contribution in [0.15, 0.2) is 36.5 Å². The number of nitrogens with zero attached hydrogens (tertiary/aromatic N) is 3. The standard InChI is InChI=1S/C19H18FN5O/c1-3-8-21-19(26)14-5-7-15(11(2)23-14)25-16-6-4-12(20)9-13(16)18-17(25)10-22-24-18/h4-7,9-10H,3,8H2,1-2H3,(H,21,26)(H,22,24). The fourth-order valence-electron chi connectivity index (χ4n) is 3.19. The highest BCUT2D eigenvalue weighted by atomic mass is 19.1. The van der Waals surface area contributed by atoms with Crippen molar-refractivity contribution in [3.8, 4) is 5.69 Å². The minimum Gasteiger partial charge on any atom is -0.351 e. The lowest BCUT2D eigenvalue weighted by molar-refractivity contribution is 0.0948. The summed E-state index contributed by atoms with van der Waals surface area (Å²) < 4.78 is 15.7. The van der Waals surface area contributed by atoms with Crippen LogP contribution in [-0.4, -0.2) is 32.2 Å². The molecule has 4 rings (SSSR count). The van der Waals surface area contributed by atoms with Gasteiger partial charge in [-0.2, -0.15) is 5.10 Å². The van der Waals surface area contributed by atoms with Gasteiger partial charge >= 0.3 is 0 Å². The molecule has 132 valence electrons. The molecule has 3 aromatic heterocycles. The summed E-state index contributed by atoms with van der Waals surface area (Å²) in [7, 11) is 0. The van der Waals surface area contributed by atoms with Gasteiger partial charge in [0.05, 0.1) is 34.1 Å². The number of benzene rings is 1. The first kappa shape index (κ1) is 16.3. The first-order chi connectivity index (χ1) is 12.6. The molecule has 0 saturated carbocycles. The maximum atomic E-state index is 13.7. The molecular weight excluding hydrogens is 333 g/mol. The van der Waals surface area contributed by atoms with Crippen LogP contribution in [0.3, 0.4) is 0 Å². The molecule has 0 unspecified atom stereocenters. The number of halogens is 1. The number of pyridine rings is 1. The number of H-pyrrole nitrogens is 1. The normalized spacial score (nSPS) is 11.3. The Morgan fingerprint density at radius 3 is 2.88 bits per heavy atom. The Kier molecular flexibility index (Phi) is 3.91. The van der Waals surface area contributed by atoms with Gasteiger partial charge in [-0.3, -0.25) is 9.89 Å². The Bertz CT molecular complexity index is 1130. The number of aryl methyl sites for hydroxylation is 1. The van der Waals surface area contributed by atoms with E-state index in [0.717, 1.165) is 34.0 Å². The summed E-state index contributed by atoms with van der Waals surface area (Å²) in [6, 6.07) is 8.22. The van der Waals surface area contributed by atoms with Crippen molar-refractivity contribution in [1.29, 1.82) is 0 Å². The second kappa shape index (κ2) is 6.25. The fourth-order valence-corrected chi connectivity index (χ4v) is 3.19. The van der Waals surface area contributed by atoms with Crippen molar-refractivity contribution in [2.24, 2.45) is 0 Å². The van der Waals surface area contributed by atoms with Crippen molar-refractivity contribution in [1.82, 2.24) is 25.1 Å². The number of hydrogen-bond donors (Lipinski definition) is 2. The van der Waals surface area contributed by atoms with Crippen molar-refractivity contribution in [3.63, 3.8) is 0 Å². The zero-order valence-electron chi connectivity index (χ0n) is 14.5. The molecule has 0 atom stereocenters. The monoisotopic (exact) mass is 351 g/mol. The quantitative estimate of drug-likeness (QED) is 0.591. The summed E-state index contributed by atoms with van der Waals surface area (Å²) >= 11 is 0. The van der Waals surface area contributed by atoms with Gasteiger partial charge < -0.3 is 9.88 Å². The van der Waals surface area contributed by atoms with Gasteiger partial charge in [0.2, 0.25) is 0 Å². The number of nitrogens with one attached hydrogen (secondary N) is 2. The Morgan fingerprint density at radius 2 is 2.12 bits per heavy atom. The van der Waals surface area contributed by atoms with Crippen LogP contribution < -0.4 is 5.32 Å². The smallest absolute Gasteiger partial charge is 0.269 e. The third-order valence-corrected chi connectivity index (χ3v) is 4.40. The van der Waals surface area contributed by atoms with Gasteiger partial charge in [0.15, 0.2) is 0 Å². The van der Waals surface area contributed by atoms with Crippen LogP contribution in [0.5, 0.6) is 0 Å². The van der Waals surface area contributed by atoms with E-state index in [4.69, 9.17) is 0 Å². The van der Waals surface area contributed by atoms with Crippen molar-refractivity contribution >= 4 is 27.8 Å². The molecule has 0 spiro atoms. The Morgan fingerprint density at radius 1 is 1.27 bits per heavy atom. The van der Waals surface area contributed by atoms with Gasteiger partial charge in [-0.05, 0) is 43.7 Å². The number of fused-ring (bicyclic) bond motifs is 3. The molecule has 1 amide bonds. The Hall–Kier alpha value is -3.22. The van der Waals surface area contributed by atoms with E-state index < -0.39 is 0 Å². The highest BCUT2D eigenvalue weighted by Crippen LogP contribution is 2.31. The molecule has 0 saturated heterocycles. The van der Waals surface area contributed by atoms with Crippen LogP contribution in [0, 0.1) is 12.7 Å². The van der Waals surface area contributed by atoms with Gasteiger partial charge in [0.1, 0.15) is 11.5 Å². The van der Waals surface area contributed by atoms with Crippen molar-refractivity contribution in [2.45, 2.75) is 20.3 Å². The summed E-state index contributed by atoms with van der Waals surface area (Å²) in [6.07, 6.45) is 2.57. The minimum absolute atomic E-state index is 0.186. The summed E-state index contributed by atoms with van der Waals surface area (Å²) in [4.78, 5) is 16.6. The molecule has 2 N–H and O–H groups in total. The molecule has 1 aromatic carbocycles. The van der Waals surface area contributed by atoms with E-state index >= 15 is 0 Å². The summed E-state index contributed by atoms with van der Waals surface area (Å²) in [5.41, 5.74) is 4.36.